The molecular formula is C19H30N2O4S. The number of carbonyl (C=O) groups is 1. The van der Waals surface area contributed by atoms with Crippen molar-refractivity contribution in [1.29, 1.82) is 0 Å². The van der Waals surface area contributed by atoms with Crippen LogP contribution in [0.4, 0.5) is 0 Å². The van der Waals surface area contributed by atoms with Gasteiger partial charge in [-0.25, -0.2) is 8.42 Å². The zero-order chi connectivity index (χ0) is 19.2. The molecule has 0 bridgehead atoms. The highest BCUT2D eigenvalue weighted by Crippen LogP contribution is 2.20. The number of hydrogen-bond acceptors (Lipinski definition) is 5. The lowest BCUT2D eigenvalue weighted by Crippen LogP contribution is -2.42. The van der Waals surface area contributed by atoms with Crippen LogP contribution in [-0.2, 0) is 14.6 Å². The molecule has 1 saturated heterocycles. The standard InChI is InChI=1S/C19H30N2O4S/c1-15(20)16-10-12-21(13-11-16)19(22)5-3-4-14-25-17-6-8-18(9-7-17)26(2,23)24/h6-9,15-16H,3-5,10-14,20H2,1-2H3. The molecule has 1 unspecified atom stereocenters. The summed E-state index contributed by atoms with van der Waals surface area (Å²) < 4.78 is 28.4. The van der Waals surface area contributed by atoms with E-state index in [1.807, 2.05) is 11.8 Å². The average molecular weight is 383 g/mol. The molecule has 1 heterocycles. The maximum absolute atomic E-state index is 12.2. The van der Waals surface area contributed by atoms with E-state index in [1.165, 1.54) is 6.26 Å². The minimum Gasteiger partial charge on any atom is -0.494 e. The Morgan fingerprint density at radius 1 is 1.23 bits per heavy atom. The number of unbranched alkanes of at least 4 members (excludes halogenated alkanes) is 1. The number of nitrogens with zero attached hydrogens (tertiary/aromatic N) is 1. The van der Waals surface area contributed by atoms with Gasteiger partial charge < -0.3 is 15.4 Å². The van der Waals surface area contributed by atoms with Crippen molar-refractivity contribution in [3.05, 3.63) is 24.3 Å². The van der Waals surface area contributed by atoms with Crippen LogP contribution in [0.15, 0.2) is 29.2 Å². The summed E-state index contributed by atoms with van der Waals surface area (Å²) in [5, 5.41) is 0. The molecule has 1 amide bonds. The second-order valence-electron chi connectivity index (χ2n) is 7.13. The molecule has 1 aliphatic rings. The molecule has 1 atom stereocenters. The molecule has 0 aromatic heterocycles. The zero-order valence-corrected chi connectivity index (χ0v) is 16.5. The first kappa shape index (κ1) is 20.7. The van der Waals surface area contributed by atoms with Crippen LogP contribution in [0.5, 0.6) is 5.75 Å². The first-order chi connectivity index (χ1) is 12.3. The second kappa shape index (κ2) is 9.37. The van der Waals surface area contributed by atoms with Gasteiger partial charge in [-0.05, 0) is 62.8 Å². The van der Waals surface area contributed by atoms with Gasteiger partial charge in [0.25, 0.3) is 0 Å². The molecule has 2 rings (SSSR count). The van der Waals surface area contributed by atoms with Crippen molar-refractivity contribution >= 4 is 15.7 Å². The SMILES string of the molecule is CC(N)C1CCN(C(=O)CCCCOc2ccc(S(C)(=O)=O)cc2)CC1. The summed E-state index contributed by atoms with van der Waals surface area (Å²) in [5.41, 5.74) is 5.93. The van der Waals surface area contributed by atoms with Crippen LogP contribution in [-0.4, -0.2) is 51.2 Å². The van der Waals surface area contributed by atoms with E-state index in [1.54, 1.807) is 24.3 Å². The molecule has 1 aromatic carbocycles. The van der Waals surface area contributed by atoms with E-state index in [9.17, 15) is 13.2 Å². The van der Waals surface area contributed by atoms with Crippen LogP contribution in [0.2, 0.25) is 0 Å². The van der Waals surface area contributed by atoms with Crippen LogP contribution >= 0.6 is 0 Å². The highest BCUT2D eigenvalue weighted by Gasteiger charge is 2.24. The largest absolute Gasteiger partial charge is 0.494 e. The quantitative estimate of drug-likeness (QED) is 0.696. The van der Waals surface area contributed by atoms with Gasteiger partial charge >= 0.3 is 0 Å². The minimum atomic E-state index is -3.18. The number of carbonyl (C=O) groups excluding carboxylic acids is 1. The fourth-order valence-electron chi connectivity index (χ4n) is 3.18. The van der Waals surface area contributed by atoms with Gasteiger partial charge in [-0.3, -0.25) is 4.79 Å². The maximum atomic E-state index is 12.2. The zero-order valence-electron chi connectivity index (χ0n) is 15.7. The van der Waals surface area contributed by atoms with E-state index in [0.717, 1.165) is 38.8 Å². The van der Waals surface area contributed by atoms with Gasteiger partial charge in [-0.15, -0.1) is 0 Å². The average Bonchev–Trinajstić information content (AvgIpc) is 2.61. The summed E-state index contributed by atoms with van der Waals surface area (Å²) in [6, 6.07) is 6.60. The highest BCUT2D eigenvalue weighted by molar-refractivity contribution is 7.90. The van der Waals surface area contributed by atoms with E-state index in [0.29, 0.717) is 24.7 Å². The van der Waals surface area contributed by atoms with E-state index < -0.39 is 9.84 Å². The number of likely N-dealkylation sites (tertiary alicyclic amines) is 1. The number of sulfone groups is 1. The Bertz CT molecular complexity index is 678. The third-order valence-corrected chi connectivity index (χ3v) is 6.07. The molecule has 7 heteroatoms. The Hall–Kier alpha value is -1.60. The number of amides is 1. The monoisotopic (exact) mass is 382 g/mol. The number of piperidine rings is 1. The predicted molar refractivity (Wildman–Crippen MR) is 102 cm³/mol. The lowest BCUT2D eigenvalue weighted by Gasteiger charge is -2.33. The first-order valence-electron chi connectivity index (χ1n) is 9.23. The van der Waals surface area contributed by atoms with Crippen molar-refractivity contribution in [3.63, 3.8) is 0 Å². The summed E-state index contributed by atoms with van der Waals surface area (Å²) in [6.45, 7) is 4.18. The predicted octanol–water partition coefficient (Wildman–Crippen LogP) is 2.22. The molecule has 0 aliphatic carbocycles. The van der Waals surface area contributed by atoms with Gasteiger partial charge in [0.2, 0.25) is 5.91 Å². The van der Waals surface area contributed by atoms with Crippen LogP contribution < -0.4 is 10.5 Å². The minimum absolute atomic E-state index is 0.205. The van der Waals surface area contributed by atoms with Crippen molar-refractivity contribution in [2.75, 3.05) is 26.0 Å². The Kier molecular flexibility index (Phi) is 7.46. The van der Waals surface area contributed by atoms with Crippen molar-refractivity contribution in [1.82, 2.24) is 4.90 Å². The molecular weight excluding hydrogens is 352 g/mol. The van der Waals surface area contributed by atoms with Gasteiger partial charge in [0.15, 0.2) is 9.84 Å². The molecule has 6 nitrogen and oxygen atoms in total. The summed E-state index contributed by atoms with van der Waals surface area (Å²) in [5.74, 6) is 1.38. The van der Waals surface area contributed by atoms with Gasteiger partial charge in [0, 0.05) is 31.8 Å². The highest BCUT2D eigenvalue weighted by atomic mass is 32.2. The Morgan fingerprint density at radius 3 is 2.38 bits per heavy atom. The number of nitrogens with two attached hydrogens (primary N) is 1. The molecule has 2 N–H and O–H groups in total. The van der Waals surface area contributed by atoms with E-state index in [-0.39, 0.29) is 16.8 Å². The number of benzene rings is 1. The molecule has 1 aliphatic heterocycles. The Labute approximate surface area is 156 Å². The molecule has 0 saturated carbocycles. The van der Waals surface area contributed by atoms with E-state index in [4.69, 9.17) is 10.5 Å². The van der Waals surface area contributed by atoms with E-state index in [2.05, 4.69) is 0 Å². The summed E-state index contributed by atoms with van der Waals surface area (Å²) in [7, 11) is -3.18. The lowest BCUT2D eigenvalue weighted by molar-refractivity contribution is -0.132. The Morgan fingerprint density at radius 2 is 1.85 bits per heavy atom. The van der Waals surface area contributed by atoms with Crippen molar-refractivity contribution in [2.45, 2.75) is 50.0 Å². The second-order valence-corrected chi connectivity index (χ2v) is 9.14. The van der Waals surface area contributed by atoms with Crippen molar-refractivity contribution in [2.24, 2.45) is 11.7 Å². The molecule has 146 valence electrons. The Balaban J connectivity index is 1.62. The van der Waals surface area contributed by atoms with E-state index >= 15 is 0 Å². The first-order valence-corrected chi connectivity index (χ1v) is 11.1. The van der Waals surface area contributed by atoms with Crippen molar-refractivity contribution < 1.29 is 17.9 Å². The number of rotatable bonds is 8. The van der Waals surface area contributed by atoms with Crippen LogP contribution in [0.3, 0.4) is 0 Å². The molecule has 0 spiro atoms. The fraction of sp³-hybridized carbons (Fsp3) is 0.632. The summed E-state index contributed by atoms with van der Waals surface area (Å²) in [6.07, 6.45) is 5.29. The number of ether oxygens (including phenoxy) is 1. The van der Waals surface area contributed by atoms with Gasteiger partial charge in [-0.1, -0.05) is 0 Å². The topological polar surface area (TPSA) is 89.7 Å². The van der Waals surface area contributed by atoms with Crippen LogP contribution in [0.25, 0.3) is 0 Å². The van der Waals surface area contributed by atoms with Crippen LogP contribution in [0.1, 0.15) is 39.0 Å². The summed E-state index contributed by atoms with van der Waals surface area (Å²) >= 11 is 0. The van der Waals surface area contributed by atoms with Crippen LogP contribution in [0, 0.1) is 5.92 Å². The molecule has 1 aromatic rings. The molecule has 0 radical (unpaired) electrons. The van der Waals surface area contributed by atoms with Gasteiger partial charge in [0.05, 0.1) is 11.5 Å². The normalized spacial score (nSPS) is 17.1. The molecule has 26 heavy (non-hydrogen) atoms. The number of hydrogen-bond donors (Lipinski definition) is 1. The lowest BCUT2D eigenvalue weighted by atomic mass is 9.91. The van der Waals surface area contributed by atoms with Gasteiger partial charge in [-0.2, -0.15) is 0 Å². The summed E-state index contributed by atoms with van der Waals surface area (Å²) in [4.78, 5) is 14.5. The van der Waals surface area contributed by atoms with Gasteiger partial charge in [0.1, 0.15) is 5.75 Å². The maximum Gasteiger partial charge on any atom is 0.222 e. The molecule has 1 fully saturated rings. The third kappa shape index (κ3) is 6.29. The third-order valence-electron chi connectivity index (χ3n) is 4.94. The fourth-order valence-corrected chi connectivity index (χ4v) is 3.81. The van der Waals surface area contributed by atoms with Crippen molar-refractivity contribution in [3.8, 4) is 5.75 Å². The smallest absolute Gasteiger partial charge is 0.222 e.